The lowest BCUT2D eigenvalue weighted by molar-refractivity contribution is 0.563. The van der Waals surface area contributed by atoms with Gasteiger partial charge in [-0.25, -0.2) is 18.3 Å². The van der Waals surface area contributed by atoms with E-state index in [0.717, 1.165) is 12.1 Å². The third-order valence-electron chi connectivity index (χ3n) is 4.05. The molecule has 2 N–H and O–H groups in total. The number of anilines is 1. The van der Waals surface area contributed by atoms with Crippen molar-refractivity contribution in [2.75, 3.05) is 11.9 Å². The summed E-state index contributed by atoms with van der Waals surface area (Å²) in [6.07, 6.45) is 0. The normalized spacial score (nSPS) is 16.4. The summed E-state index contributed by atoms with van der Waals surface area (Å²) in [6.45, 7) is 0.257. The van der Waals surface area contributed by atoms with E-state index in [-0.39, 0.29) is 17.5 Å². The first kappa shape index (κ1) is 13.8. The summed E-state index contributed by atoms with van der Waals surface area (Å²) in [5, 5.41) is 9.93. The van der Waals surface area contributed by atoms with Gasteiger partial charge in [0.15, 0.2) is 0 Å². The molecule has 2 heterocycles. The Morgan fingerprint density at radius 1 is 1.09 bits per heavy atom. The number of hydrogen-bond acceptors (Lipinski definition) is 3. The predicted molar refractivity (Wildman–Crippen MR) is 79.0 cm³/mol. The van der Waals surface area contributed by atoms with E-state index in [0.29, 0.717) is 16.8 Å². The van der Waals surface area contributed by atoms with Crippen LogP contribution in [0.25, 0.3) is 10.8 Å². The SMILES string of the molecule is O=c1[nH]nc2c3c(cc(F)cc13)NC[C@@H]2c1ccc(F)cc1F. The van der Waals surface area contributed by atoms with Gasteiger partial charge in [0.25, 0.3) is 5.56 Å². The van der Waals surface area contributed by atoms with E-state index in [2.05, 4.69) is 15.5 Å². The van der Waals surface area contributed by atoms with Crippen molar-refractivity contribution in [2.45, 2.75) is 5.92 Å². The molecule has 0 aliphatic carbocycles. The summed E-state index contributed by atoms with van der Waals surface area (Å²) in [5.74, 6) is -2.43. The van der Waals surface area contributed by atoms with Gasteiger partial charge < -0.3 is 5.32 Å². The summed E-state index contributed by atoms with van der Waals surface area (Å²) in [4.78, 5) is 11.9. The van der Waals surface area contributed by atoms with Gasteiger partial charge in [-0.2, -0.15) is 5.10 Å². The van der Waals surface area contributed by atoms with E-state index in [1.54, 1.807) is 0 Å². The number of nitrogens with zero attached hydrogens (tertiary/aromatic N) is 1. The van der Waals surface area contributed by atoms with Crippen molar-refractivity contribution in [1.29, 1.82) is 0 Å². The Kier molecular flexibility index (Phi) is 2.90. The van der Waals surface area contributed by atoms with Gasteiger partial charge >= 0.3 is 0 Å². The zero-order chi connectivity index (χ0) is 16.1. The molecule has 1 aliphatic heterocycles. The molecule has 0 spiro atoms. The molecule has 1 aliphatic rings. The van der Waals surface area contributed by atoms with Gasteiger partial charge in [-0.3, -0.25) is 4.79 Å². The number of H-pyrrole nitrogens is 1. The van der Waals surface area contributed by atoms with Gasteiger partial charge in [-0.1, -0.05) is 6.07 Å². The number of benzene rings is 2. The standard InChI is InChI=1S/C16H10F3N3O/c17-7-1-2-9(12(19)4-7)11-6-20-13-5-8(18)3-10-14(13)15(11)21-22-16(10)23/h1-5,11,20H,6H2,(H,22,23)/t11-/m1/s1. The summed E-state index contributed by atoms with van der Waals surface area (Å²) in [5.41, 5.74) is 0.604. The highest BCUT2D eigenvalue weighted by Crippen LogP contribution is 2.37. The van der Waals surface area contributed by atoms with Crippen molar-refractivity contribution in [2.24, 2.45) is 0 Å². The van der Waals surface area contributed by atoms with Crippen LogP contribution < -0.4 is 10.9 Å². The smallest absolute Gasteiger partial charge is 0.272 e. The number of aromatic amines is 1. The fourth-order valence-electron chi connectivity index (χ4n) is 3.03. The average Bonchev–Trinajstić information content (AvgIpc) is 2.51. The second kappa shape index (κ2) is 4.84. The molecule has 4 rings (SSSR count). The highest BCUT2D eigenvalue weighted by molar-refractivity contribution is 5.97. The number of nitrogens with one attached hydrogen (secondary N) is 2. The number of halogens is 3. The molecular weight excluding hydrogens is 307 g/mol. The average molecular weight is 317 g/mol. The van der Waals surface area contributed by atoms with Crippen molar-refractivity contribution in [3.63, 3.8) is 0 Å². The van der Waals surface area contributed by atoms with Crippen LogP contribution in [0.3, 0.4) is 0 Å². The molecule has 0 saturated carbocycles. The van der Waals surface area contributed by atoms with Crippen LogP contribution in [0.5, 0.6) is 0 Å². The quantitative estimate of drug-likeness (QED) is 0.725. The Morgan fingerprint density at radius 2 is 1.91 bits per heavy atom. The van der Waals surface area contributed by atoms with Crippen molar-refractivity contribution in [3.05, 3.63) is 69.4 Å². The summed E-state index contributed by atoms with van der Waals surface area (Å²) in [7, 11) is 0. The Bertz CT molecular complexity index is 1000. The molecular formula is C16H10F3N3O. The molecule has 0 unspecified atom stereocenters. The molecule has 7 heteroatoms. The molecule has 3 aromatic rings. The second-order valence-electron chi connectivity index (χ2n) is 5.41. The summed E-state index contributed by atoms with van der Waals surface area (Å²) < 4.78 is 40.9. The van der Waals surface area contributed by atoms with Crippen LogP contribution in [0.2, 0.25) is 0 Å². The van der Waals surface area contributed by atoms with Crippen LogP contribution in [-0.4, -0.2) is 16.7 Å². The molecule has 2 aromatic carbocycles. The van der Waals surface area contributed by atoms with Gasteiger partial charge in [-0.05, 0) is 23.8 Å². The lowest BCUT2D eigenvalue weighted by Crippen LogP contribution is -2.25. The number of rotatable bonds is 1. The Labute approximate surface area is 128 Å². The zero-order valence-electron chi connectivity index (χ0n) is 11.7. The highest BCUT2D eigenvalue weighted by atomic mass is 19.1. The van der Waals surface area contributed by atoms with Gasteiger partial charge in [-0.15, -0.1) is 0 Å². The van der Waals surface area contributed by atoms with E-state index in [9.17, 15) is 18.0 Å². The van der Waals surface area contributed by atoms with Gasteiger partial charge in [0, 0.05) is 29.6 Å². The molecule has 23 heavy (non-hydrogen) atoms. The van der Waals surface area contributed by atoms with Gasteiger partial charge in [0.1, 0.15) is 17.5 Å². The van der Waals surface area contributed by atoms with Crippen LogP contribution in [-0.2, 0) is 0 Å². The molecule has 4 nitrogen and oxygen atoms in total. The molecule has 0 fully saturated rings. The number of hydrogen-bond donors (Lipinski definition) is 2. The topological polar surface area (TPSA) is 57.8 Å². The van der Waals surface area contributed by atoms with E-state index >= 15 is 0 Å². The fraction of sp³-hybridized carbons (Fsp3) is 0.125. The van der Waals surface area contributed by atoms with E-state index in [1.165, 1.54) is 18.2 Å². The maximum absolute atomic E-state index is 14.1. The molecule has 0 saturated heterocycles. The Morgan fingerprint density at radius 3 is 2.70 bits per heavy atom. The van der Waals surface area contributed by atoms with Gasteiger partial charge in [0.2, 0.25) is 0 Å². The minimum absolute atomic E-state index is 0.143. The van der Waals surface area contributed by atoms with Crippen molar-refractivity contribution < 1.29 is 13.2 Å². The maximum atomic E-state index is 14.1. The van der Waals surface area contributed by atoms with Crippen molar-refractivity contribution in [3.8, 4) is 0 Å². The molecule has 0 bridgehead atoms. The Balaban J connectivity index is 2.00. The third kappa shape index (κ3) is 2.08. The van der Waals surface area contributed by atoms with Crippen molar-refractivity contribution in [1.82, 2.24) is 10.2 Å². The highest BCUT2D eigenvalue weighted by Gasteiger charge is 2.28. The largest absolute Gasteiger partial charge is 0.383 e. The fourth-order valence-corrected chi connectivity index (χ4v) is 3.03. The zero-order valence-corrected chi connectivity index (χ0v) is 11.7. The maximum Gasteiger partial charge on any atom is 0.272 e. The third-order valence-corrected chi connectivity index (χ3v) is 4.05. The van der Waals surface area contributed by atoms with Crippen LogP contribution in [0.4, 0.5) is 18.9 Å². The van der Waals surface area contributed by atoms with E-state index in [4.69, 9.17) is 0 Å². The molecule has 1 atom stereocenters. The van der Waals surface area contributed by atoms with Gasteiger partial charge in [0.05, 0.1) is 11.1 Å². The van der Waals surface area contributed by atoms with Crippen LogP contribution in [0, 0.1) is 17.5 Å². The first-order valence-electron chi connectivity index (χ1n) is 6.95. The summed E-state index contributed by atoms with van der Waals surface area (Å²) >= 11 is 0. The lowest BCUT2D eigenvalue weighted by Gasteiger charge is -2.26. The monoisotopic (exact) mass is 317 g/mol. The predicted octanol–water partition coefficient (Wildman–Crippen LogP) is 2.90. The minimum atomic E-state index is -0.691. The molecule has 0 amide bonds. The molecule has 1 aromatic heterocycles. The first-order chi connectivity index (χ1) is 11.0. The summed E-state index contributed by atoms with van der Waals surface area (Å²) in [6, 6.07) is 5.71. The van der Waals surface area contributed by atoms with E-state index in [1.807, 2.05) is 0 Å². The lowest BCUT2D eigenvalue weighted by atomic mass is 9.88. The molecule has 0 radical (unpaired) electrons. The van der Waals surface area contributed by atoms with Crippen LogP contribution in [0.15, 0.2) is 35.1 Å². The first-order valence-corrected chi connectivity index (χ1v) is 6.95. The van der Waals surface area contributed by atoms with Crippen LogP contribution in [0.1, 0.15) is 17.2 Å². The Hall–Kier alpha value is -2.83. The van der Waals surface area contributed by atoms with Crippen LogP contribution >= 0.6 is 0 Å². The number of aromatic nitrogens is 2. The second-order valence-corrected chi connectivity index (χ2v) is 5.41. The van der Waals surface area contributed by atoms with Crippen molar-refractivity contribution >= 4 is 16.5 Å². The molecule has 116 valence electrons. The minimum Gasteiger partial charge on any atom is -0.383 e. The van der Waals surface area contributed by atoms with E-state index < -0.39 is 28.9 Å².